The summed E-state index contributed by atoms with van der Waals surface area (Å²) in [6.07, 6.45) is 0.453. The van der Waals surface area contributed by atoms with Crippen molar-refractivity contribution < 1.29 is 13.6 Å². The number of nitrogens with one attached hydrogen (secondary N) is 2. The molecule has 0 unspecified atom stereocenters. The normalized spacial score (nSPS) is 17.7. The van der Waals surface area contributed by atoms with Gasteiger partial charge in [0, 0.05) is 82.9 Å². The van der Waals surface area contributed by atoms with Gasteiger partial charge in [-0.2, -0.15) is 4.98 Å². The Kier molecular flexibility index (Phi) is 9.68. The number of benzene rings is 1. The third-order valence-corrected chi connectivity index (χ3v) is 7.35. The van der Waals surface area contributed by atoms with Crippen LogP contribution in [-0.4, -0.2) is 104 Å². The second-order valence-corrected chi connectivity index (χ2v) is 10.1. The summed E-state index contributed by atoms with van der Waals surface area (Å²) in [4.78, 5) is 29.6. The molecule has 2 fully saturated rings. The molecule has 4 rings (SSSR count). The highest BCUT2D eigenvalue weighted by molar-refractivity contribution is 5.76. The van der Waals surface area contributed by atoms with Gasteiger partial charge in [-0.05, 0) is 50.7 Å². The minimum Gasteiger partial charge on any atom is -0.369 e. The number of aryl methyl sites for hydroxylation is 1. The van der Waals surface area contributed by atoms with Crippen molar-refractivity contribution in [3.63, 3.8) is 0 Å². The molecule has 3 heterocycles. The van der Waals surface area contributed by atoms with Gasteiger partial charge < -0.3 is 30.2 Å². The van der Waals surface area contributed by atoms with Gasteiger partial charge in [0.25, 0.3) is 6.43 Å². The second kappa shape index (κ2) is 13.1. The topological polar surface area (TPSA) is 79.9 Å². The number of nitrogens with zero attached hydrogens (tertiary/aromatic N) is 6. The quantitative estimate of drug-likeness (QED) is 0.453. The van der Waals surface area contributed by atoms with E-state index in [1.165, 1.54) is 11.9 Å². The molecule has 2 aromatic rings. The fourth-order valence-corrected chi connectivity index (χ4v) is 4.81. The molecule has 11 heteroatoms. The zero-order valence-corrected chi connectivity index (χ0v) is 22.7. The largest absolute Gasteiger partial charge is 0.369 e. The molecule has 1 aromatic heterocycles. The third-order valence-electron chi connectivity index (χ3n) is 7.35. The molecule has 208 valence electrons. The van der Waals surface area contributed by atoms with E-state index in [2.05, 4.69) is 61.4 Å². The van der Waals surface area contributed by atoms with E-state index in [1.54, 1.807) is 0 Å². The Bertz CT molecular complexity index is 1080. The zero-order chi connectivity index (χ0) is 27.1. The number of aromatic nitrogens is 2. The number of piperazine rings is 1. The monoisotopic (exact) mass is 530 g/mol. The van der Waals surface area contributed by atoms with Crippen LogP contribution in [0.1, 0.15) is 37.3 Å². The van der Waals surface area contributed by atoms with E-state index in [4.69, 9.17) is 0 Å². The van der Waals surface area contributed by atoms with Crippen LogP contribution in [0.15, 0.2) is 24.4 Å². The summed E-state index contributed by atoms with van der Waals surface area (Å²) in [5, 5.41) is 6.29. The highest BCUT2D eigenvalue weighted by Crippen LogP contribution is 2.29. The molecule has 0 bridgehead atoms. The van der Waals surface area contributed by atoms with E-state index < -0.39 is 6.43 Å². The molecule has 0 saturated carbocycles. The van der Waals surface area contributed by atoms with E-state index in [-0.39, 0.29) is 23.2 Å². The number of alkyl halides is 2. The smallest absolute Gasteiger partial charge is 0.268 e. The van der Waals surface area contributed by atoms with Gasteiger partial charge in [-0.25, -0.2) is 13.8 Å². The number of anilines is 4. The first-order valence-corrected chi connectivity index (χ1v) is 13.5. The minimum atomic E-state index is -2.69. The summed E-state index contributed by atoms with van der Waals surface area (Å²) < 4.78 is 27.4. The number of carbonyl (C=O) groups is 1. The van der Waals surface area contributed by atoms with Crippen molar-refractivity contribution in [2.45, 2.75) is 32.6 Å². The second-order valence-electron chi connectivity index (χ2n) is 10.1. The lowest BCUT2D eigenvalue weighted by molar-refractivity contribution is -0.130. The summed E-state index contributed by atoms with van der Waals surface area (Å²) in [6, 6.07) is 6.28. The number of likely N-dealkylation sites (N-methyl/N-ethyl adjacent to an activating group) is 2. The molecule has 0 radical (unpaired) electrons. The molecule has 9 nitrogen and oxygen atoms in total. The molecule has 2 N–H and O–H groups in total. The van der Waals surface area contributed by atoms with Crippen LogP contribution in [0, 0.1) is 0 Å². The van der Waals surface area contributed by atoms with Gasteiger partial charge >= 0.3 is 0 Å². The number of halogens is 2. The van der Waals surface area contributed by atoms with E-state index in [9.17, 15) is 13.6 Å². The highest BCUT2D eigenvalue weighted by atomic mass is 19.3. The van der Waals surface area contributed by atoms with Crippen LogP contribution >= 0.6 is 0 Å². The molecular weight excluding hydrogens is 490 g/mol. The summed E-state index contributed by atoms with van der Waals surface area (Å²) in [7, 11) is 4.15. The van der Waals surface area contributed by atoms with Crippen molar-refractivity contribution in [3.05, 3.63) is 35.5 Å². The fraction of sp³-hybridized carbons (Fsp3) is 0.593. The third kappa shape index (κ3) is 7.28. The SMILES string of the molecule is CCc1cc(N2CCN(C)CC2)ccc1Nc1ncc(C(F)F)c(NCCCN2CCN(C)CCC2=O)n1. The van der Waals surface area contributed by atoms with Gasteiger partial charge in [0.2, 0.25) is 11.9 Å². The van der Waals surface area contributed by atoms with Crippen molar-refractivity contribution in [2.24, 2.45) is 0 Å². The predicted octanol–water partition coefficient (Wildman–Crippen LogP) is 3.44. The van der Waals surface area contributed by atoms with Gasteiger partial charge in [-0.1, -0.05) is 6.92 Å². The fourth-order valence-electron chi connectivity index (χ4n) is 4.81. The van der Waals surface area contributed by atoms with E-state index in [0.29, 0.717) is 32.5 Å². The van der Waals surface area contributed by atoms with Crippen molar-refractivity contribution in [1.82, 2.24) is 24.7 Å². The van der Waals surface area contributed by atoms with Crippen LogP contribution in [0.4, 0.5) is 31.9 Å². The van der Waals surface area contributed by atoms with Crippen molar-refractivity contribution in [2.75, 3.05) is 88.5 Å². The Morgan fingerprint density at radius 1 is 1.03 bits per heavy atom. The standard InChI is InChI=1S/C27H40F2N8O/c1-4-20-18-21(36-15-12-35(3)13-16-36)6-7-23(20)32-27-31-19-22(25(28)29)26(33-27)30-9-5-10-37-17-14-34(2)11-8-24(37)38/h6-7,18-19,25H,4-5,8-17H2,1-3H3,(H2,30,31,32,33). The summed E-state index contributed by atoms with van der Waals surface area (Å²) in [5.41, 5.74) is 2.94. The van der Waals surface area contributed by atoms with Gasteiger partial charge in [-0.15, -0.1) is 0 Å². The number of hydrogen-bond donors (Lipinski definition) is 2. The Morgan fingerprint density at radius 2 is 1.76 bits per heavy atom. The van der Waals surface area contributed by atoms with Crippen LogP contribution in [-0.2, 0) is 11.2 Å². The first-order chi connectivity index (χ1) is 18.3. The highest BCUT2D eigenvalue weighted by Gasteiger charge is 2.20. The zero-order valence-electron chi connectivity index (χ0n) is 22.7. The lowest BCUT2D eigenvalue weighted by Crippen LogP contribution is -2.44. The lowest BCUT2D eigenvalue weighted by Gasteiger charge is -2.34. The van der Waals surface area contributed by atoms with Gasteiger partial charge in [0.1, 0.15) is 5.82 Å². The van der Waals surface area contributed by atoms with Crippen molar-refractivity contribution in [3.8, 4) is 0 Å². The number of amides is 1. The molecule has 0 aliphatic carbocycles. The molecule has 1 aromatic carbocycles. The molecule has 2 aliphatic heterocycles. The van der Waals surface area contributed by atoms with Crippen LogP contribution in [0.3, 0.4) is 0 Å². The van der Waals surface area contributed by atoms with Crippen molar-refractivity contribution >= 4 is 29.0 Å². The van der Waals surface area contributed by atoms with Gasteiger partial charge in [0.15, 0.2) is 0 Å². The molecule has 1 amide bonds. The van der Waals surface area contributed by atoms with Crippen LogP contribution < -0.4 is 15.5 Å². The predicted molar refractivity (Wildman–Crippen MR) is 148 cm³/mol. The average Bonchev–Trinajstić information content (AvgIpc) is 3.07. The number of rotatable bonds is 10. The Balaban J connectivity index is 1.40. The summed E-state index contributed by atoms with van der Waals surface area (Å²) in [6.45, 7) is 9.44. The lowest BCUT2D eigenvalue weighted by atomic mass is 10.1. The summed E-state index contributed by atoms with van der Waals surface area (Å²) >= 11 is 0. The molecular formula is C27H40F2N8O. The Labute approximate surface area is 224 Å². The maximum atomic E-state index is 13.7. The molecule has 0 atom stereocenters. The van der Waals surface area contributed by atoms with E-state index in [1.807, 2.05) is 18.0 Å². The Morgan fingerprint density at radius 3 is 2.50 bits per heavy atom. The van der Waals surface area contributed by atoms with Gasteiger partial charge in [0.05, 0.1) is 5.56 Å². The Hall–Kier alpha value is -3.05. The maximum absolute atomic E-state index is 13.7. The van der Waals surface area contributed by atoms with Crippen molar-refractivity contribution in [1.29, 1.82) is 0 Å². The van der Waals surface area contributed by atoms with E-state index >= 15 is 0 Å². The average molecular weight is 531 g/mol. The van der Waals surface area contributed by atoms with Gasteiger partial charge in [-0.3, -0.25) is 4.79 Å². The molecule has 0 spiro atoms. The maximum Gasteiger partial charge on any atom is 0.268 e. The molecule has 38 heavy (non-hydrogen) atoms. The van der Waals surface area contributed by atoms with E-state index in [0.717, 1.165) is 56.9 Å². The summed E-state index contributed by atoms with van der Waals surface area (Å²) in [5.74, 6) is 0.526. The first kappa shape index (κ1) is 28.0. The molecule has 2 saturated heterocycles. The first-order valence-electron chi connectivity index (χ1n) is 13.5. The number of hydrogen-bond acceptors (Lipinski definition) is 8. The molecule has 2 aliphatic rings. The van der Waals surface area contributed by atoms with Crippen LogP contribution in [0.5, 0.6) is 0 Å². The minimum absolute atomic E-state index is 0.117. The van der Waals surface area contributed by atoms with Crippen LogP contribution in [0.2, 0.25) is 0 Å². The number of carbonyl (C=O) groups excluding carboxylic acids is 1. The van der Waals surface area contributed by atoms with Crippen LogP contribution in [0.25, 0.3) is 0 Å².